The van der Waals surface area contributed by atoms with Crippen LogP contribution in [0, 0.1) is 5.92 Å². The van der Waals surface area contributed by atoms with Crippen LogP contribution in [0.2, 0.25) is 0 Å². The van der Waals surface area contributed by atoms with Gasteiger partial charge in [-0.3, -0.25) is 5.32 Å². The summed E-state index contributed by atoms with van der Waals surface area (Å²) in [6.07, 6.45) is 7.75. The first-order chi connectivity index (χ1) is 13.2. The number of carbonyl (C=O) groups excluding carboxylic acids is 1. The quantitative estimate of drug-likeness (QED) is 0.590. The number of amides is 1. The summed E-state index contributed by atoms with van der Waals surface area (Å²) in [6.45, 7) is 3.32. The Balaban J connectivity index is 1.46. The first-order valence-corrected chi connectivity index (χ1v) is 10.9. The molecule has 1 aliphatic rings. The highest BCUT2D eigenvalue weighted by atomic mass is 32.1. The lowest BCUT2D eigenvalue weighted by atomic mass is 9.85. The van der Waals surface area contributed by atoms with Crippen molar-refractivity contribution in [1.29, 1.82) is 0 Å². The molecule has 146 valence electrons. The van der Waals surface area contributed by atoms with Crippen LogP contribution < -0.4 is 10.6 Å². The lowest BCUT2D eigenvalue weighted by Crippen LogP contribution is -2.29. The molecule has 0 radical (unpaired) electrons. The van der Waals surface area contributed by atoms with Crippen LogP contribution in [0.15, 0.2) is 41.8 Å². The van der Waals surface area contributed by atoms with Crippen LogP contribution in [0.25, 0.3) is 0 Å². The molecule has 0 unspecified atom stereocenters. The minimum absolute atomic E-state index is 0.308. The summed E-state index contributed by atoms with van der Waals surface area (Å²) in [4.78, 5) is 13.2. The van der Waals surface area contributed by atoms with Gasteiger partial charge in [-0.1, -0.05) is 56.4 Å². The molecule has 1 aliphatic carbocycles. The summed E-state index contributed by atoms with van der Waals surface area (Å²) in [6, 6.07) is 12.3. The number of hydrogen-bond donors (Lipinski definition) is 2. The Morgan fingerprint density at radius 1 is 1.19 bits per heavy atom. The topological polar surface area (TPSA) is 50.4 Å². The van der Waals surface area contributed by atoms with Gasteiger partial charge in [0.25, 0.3) is 0 Å². The van der Waals surface area contributed by atoms with Crippen molar-refractivity contribution in [3.8, 4) is 0 Å². The van der Waals surface area contributed by atoms with Gasteiger partial charge in [0, 0.05) is 23.2 Å². The number of nitrogens with one attached hydrogen (secondary N) is 2. The van der Waals surface area contributed by atoms with Crippen LogP contribution in [-0.4, -0.2) is 12.1 Å². The molecule has 0 saturated heterocycles. The lowest BCUT2D eigenvalue weighted by molar-refractivity contribution is 0.156. The fourth-order valence-electron chi connectivity index (χ4n) is 3.76. The normalized spacial score (nSPS) is 16.0. The van der Waals surface area contributed by atoms with Gasteiger partial charge in [-0.2, -0.15) is 0 Å². The number of ether oxygens (including phenoxy) is 1. The van der Waals surface area contributed by atoms with Crippen LogP contribution in [0.4, 0.5) is 10.5 Å². The van der Waals surface area contributed by atoms with E-state index in [0.717, 1.165) is 28.6 Å². The Bertz CT molecular complexity index is 696. The predicted octanol–water partition coefficient (Wildman–Crippen LogP) is 5.95. The Morgan fingerprint density at radius 3 is 2.78 bits per heavy atom. The molecule has 27 heavy (non-hydrogen) atoms. The summed E-state index contributed by atoms with van der Waals surface area (Å²) in [5.41, 5.74) is 1.90. The molecule has 1 saturated carbocycles. The van der Waals surface area contributed by atoms with Crippen molar-refractivity contribution in [2.24, 2.45) is 5.92 Å². The highest BCUT2D eigenvalue weighted by molar-refractivity contribution is 7.09. The molecule has 4 nitrogen and oxygen atoms in total. The standard InChI is InChI=1S/C22H30N2O2S/c1-17(14-18-8-3-2-4-9-18)23-15-19-10-5-6-12-21(19)24-22(25)26-16-20-11-7-13-27-20/h5-7,10-13,17-18,23H,2-4,8-9,14-16H2,1H3,(H,24,25)/t17-/m0/s1. The number of thiophene rings is 1. The molecule has 2 N–H and O–H groups in total. The molecular formula is C22H30N2O2S. The maximum Gasteiger partial charge on any atom is 0.411 e. The van der Waals surface area contributed by atoms with Crippen LogP contribution >= 0.6 is 11.3 Å². The first-order valence-electron chi connectivity index (χ1n) is 9.98. The van der Waals surface area contributed by atoms with Gasteiger partial charge < -0.3 is 10.1 Å². The number of hydrogen-bond acceptors (Lipinski definition) is 4. The second-order valence-corrected chi connectivity index (χ2v) is 8.49. The largest absolute Gasteiger partial charge is 0.444 e. The zero-order valence-electron chi connectivity index (χ0n) is 16.1. The molecule has 1 amide bonds. The highest BCUT2D eigenvalue weighted by Gasteiger charge is 2.16. The van der Waals surface area contributed by atoms with Crippen molar-refractivity contribution in [2.45, 2.75) is 64.6 Å². The zero-order chi connectivity index (χ0) is 18.9. The van der Waals surface area contributed by atoms with E-state index in [1.807, 2.05) is 35.7 Å². The van der Waals surface area contributed by atoms with Gasteiger partial charge in [-0.05, 0) is 42.3 Å². The SMILES string of the molecule is C[C@@H](CC1CCCCC1)NCc1ccccc1NC(=O)OCc1cccs1. The Hall–Kier alpha value is -1.85. The number of carbonyl (C=O) groups is 1. The van der Waals surface area contributed by atoms with Crippen LogP contribution in [-0.2, 0) is 17.9 Å². The Kier molecular flexibility index (Phi) is 7.72. The molecule has 0 spiro atoms. The predicted molar refractivity (Wildman–Crippen MR) is 112 cm³/mol. The minimum atomic E-state index is -0.411. The van der Waals surface area contributed by atoms with Gasteiger partial charge in [-0.25, -0.2) is 4.79 Å². The maximum absolute atomic E-state index is 12.1. The monoisotopic (exact) mass is 386 g/mol. The van der Waals surface area contributed by atoms with E-state index in [1.54, 1.807) is 11.3 Å². The third-order valence-electron chi connectivity index (χ3n) is 5.23. The van der Waals surface area contributed by atoms with E-state index in [9.17, 15) is 4.79 Å². The van der Waals surface area contributed by atoms with Crippen molar-refractivity contribution in [2.75, 3.05) is 5.32 Å². The molecule has 0 bridgehead atoms. The molecule has 1 heterocycles. The van der Waals surface area contributed by atoms with Gasteiger partial charge in [0.15, 0.2) is 0 Å². The second-order valence-electron chi connectivity index (χ2n) is 7.46. The molecule has 1 fully saturated rings. The maximum atomic E-state index is 12.1. The van der Waals surface area contributed by atoms with E-state index in [1.165, 1.54) is 38.5 Å². The molecule has 1 atom stereocenters. The fourth-order valence-corrected chi connectivity index (χ4v) is 4.38. The third-order valence-corrected chi connectivity index (χ3v) is 6.08. The Morgan fingerprint density at radius 2 is 2.00 bits per heavy atom. The third kappa shape index (κ3) is 6.67. The van der Waals surface area contributed by atoms with Crippen molar-refractivity contribution in [3.05, 3.63) is 52.2 Å². The van der Waals surface area contributed by atoms with E-state index in [-0.39, 0.29) is 0 Å². The summed E-state index contributed by atoms with van der Waals surface area (Å²) in [5, 5.41) is 8.48. The highest BCUT2D eigenvalue weighted by Crippen LogP contribution is 2.27. The molecule has 2 aromatic rings. The minimum Gasteiger partial charge on any atom is -0.444 e. The van der Waals surface area contributed by atoms with Crippen molar-refractivity contribution in [1.82, 2.24) is 5.32 Å². The number of para-hydroxylation sites is 1. The van der Waals surface area contributed by atoms with Crippen molar-refractivity contribution >= 4 is 23.1 Å². The molecule has 5 heteroatoms. The van der Waals surface area contributed by atoms with Crippen molar-refractivity contribution in [3.63, 3.8) is 0 Å². The summed E-state index contributed by atoms with van der Waals surface area (Å²) < 4.78 is 5.31. The first kappa shape index (κ1) is 19.9. The summed E-state index contributed by atoms with van der Waals surface area (Å²) >= 11 is 1.58. The average molecular weight is 387 g/mol. The lowest BCUT2D eigenvalue weighted by Gasteiger charge is -2.25. The summed E-state index contributed by atoms with van der Waals surface area (Å²) in [7, 11) is 0. The summed E-state index contributed by atoms with van der Waals surface area (Å²) in [5.74, 6) is 0.863. The van der Waals surface area contributed by atoms with Gasteiger partial charge in [-0.15, -0.1) is 11.3 Å². The number of benzene rings is 1. The van der Waals surface area contributed by atoms with E-state index in [4.69, 9.17) is 4.74 Å². The molecule has 1 aromatic heterocycles. The van der Waals surface area contributed by atoms with Crippen LogP contribution in [0.3, 0.4) is 0 Å². The van der Waals surface area contributed by atoms with Gasteiger partial charge in [0.1, 0.15) is 6.61 Å². The number of rotatable bonds is 8. The van der Waals surface area contributed by atoms with Gasteiger partial charge >= 0.3 is 6.09 Å². The van der Waals surface area contributed by atoms with Crippen LogP contribution in [0.1, 0.15) is 55.9 Å². The van der Waals surface area contributed by atoms with E-state index < -0.39 is 6.09 Å². The van der Waals surface area contributed by atoms with E-state index >= 15 is 0 Å². The fraction of sp³-hybridized carbons (Fsp3) is 0.500. The number of anilines is 1. The average Bonchev–Trinajstić information content (AvgIpc) is 3.20. The molecular weight excluding hydrogens is 356 g/mol. The smallest absolute Gasteiger partial charge is 0.411 e. The van der Waals surface area contributed by atoms with Gasteiger partial charge in [0.05, 0.1) is 0 Å². The molecule has 1 aromatic carbocycles. The van der Waals surface area contributed by atoms with Crippen LogP contribution in [0.5, 0.6) is 0 Å². The second kappa shape index (κ2) is 10.5. The zero-order valence-corrected chi connectivity index (χ0v) is 16.9. The molecule has 0 aliphatic heterocycles. The van der Waals surface area contributed by atoms with Crippen molar-refractivity contribution < 1.29 is 9.53 Å². The van der Waals surface area contributed by atoms with E-state index in [2.05, 4.69) is 23.6 Å². The Labute approximate surface area is 166 Å². The van der Waals surface area contributed by atoms with E-state index in [0.29, 0.717) is 12.6 Å². The van der Waals surface area contributed by atoms with Gasteiger partial charge in [0.2, 0.25) is 0 Å². The molecule has 3 rings (SSSR count).